The molecular weight excluding hydrogens is 336 g/mol. The van der Waals surface area contributed by atoms with Crippen LogP contribution in [0, 0.1) is 0 Å². The maximum atomic E-state index is 12.5. The van der Waals surface area contributed by atoms with Gasteiger partial charge in [-0.3, -0.25) is 0 Å². The smallest absolute Gasteiger partial charge is 0.435 e. The largest absolute Gasteiger partial charge is 0.451 e. The molecule has 8 heteroatoms. The minimum atomic E-state index is -0.804. The van der Waals surface area contributed by atoms with Gasteiger partial charge in [0.05, 0.1) is 14.2 Å². The van der Waals surface area contributed by atoms with E-state index in [1.807, 2.05) is 12.1 Å². The van der Waals surface area contributed by atoms with Gasteiger partial charge in [-0.05, 0) is 0 Å². The van der Waals surface area contributed by atoms with Crippen molar-refractivity contribution < 1.29 is 19.1 Å². The van der Waals surface area contributed by atoms with E-state index in [0.29, 0.717) is 11.1 Å². The second-order valence-electron chi connectivity index (χ2n) is 5.14. The number of methoxy groups -OCH3 is 2. The zero-order chi connectivity index (χ0) is 18.5. The first-order valence-electron chi connectivity index (χ1n) is 7.70. The normalized spacial score (nSPS) is 13.6. The molecule has 1 heterocycles. The van der Waals surface area contributed by atoms with Crippen molar-refractivity contribution >= 4 is 23.9 Å². The number of ether oxygens (including phenoxy) is 2. The summed E-state index contributed by atoms with van der Waals surface area (Å²) in [4.78, 5) is 25.0. The molecular formula is C18H16N4O4. The van der Waals surface area contributed by atoms with Gasteiger partial charge in [0.25, 0.3) is 0 Å². The number of rotatable bonds is 2. The van der Waals surface area contributed by atoms with Crippen LogP contribution in [-0.2, 0) is 9.47 Å². The second-order valence-corrected chi connectivity index (χ2v) is 5.14. The summed E-state index contributed by atoms with van der Waals surface area (Å²) in [6, 6.07) is 17.8. The molecule has 2 aromatic rings. The molecule has 0 N–H and O–H groups in total. The highest BCUT2D eigenvalue weighted by Crippen LogP contribution is 2.20. The van der Waals surface area contributed by atoms with Crippen molar-refractivity contribution in [3.05, 3.63) is 71.8 Å². The molecule has 0 saturated carbocycles. The number of hydrazine groups is 1. The molecule has 0 aliphatic carbocycles. The summed E-state index contributed by atoms with van der Waals surface area (Å²) < 4.78 is 9.70. The minimum Gasteiger partial charge on any atom is -0.451 e. The predicted molar refractivity (Wildman–Crippen MR) is 94.4 cm³/mol. The molecule has 0 aromatic heterocycles. The van der Waals surface area contributed by atoms with Crippen molar-refractivity contribution in [1.29, 1.82) is 0 Å². The summed E-state index contributed by atoms with van der Waals surface area (Å²) in [5.41, 5.74) is 1.17. The summed E-state index contributed by atoms with van der Waals surface area (Å²) in [5.74, 6) is 0.282. The number of hydrogen-bond acceptors (Lipinski definition) is 6. The van der Waals surface area contributed by atoms with Gasteiger partial charge in [0.2, 0.25) is 0 Å². The maximum absolute atomic E-state index is 12.5. The van der Waals surface area contributed by atoms with E-state index >= 15 is 0 Å². The summed E-state index contributed by atoms with van der Waals surface area (Å²) in [7, 11) is 2.43. The predicted octanol–water partition coefficient (Wildman–Crippen LogP) is 2.86. The van der Waals surface area contributed by atoms with Crippen LogP contribution in [0.2, 0.25) is 0 Å². The van der Waals surface area contributed by atoms with Gasteiger partial charge in [-0.25, -0.2) is 9.59 Å². The molecule has 0 unspecified atom stereocenters. The Kier molecular flexibility index (Phi) is 4.93. The number of nitrogens with zero attached hydrogens (tertiary/aromatic N) is 4. The van der Waals surface area contributed by atoms with E-state index in [-0.39, 0.29) is 11.7 Å². The quantitative estimate of drug-likeness (QED) is 0.832. The number of benzene rings is 2. The molecule has 1 aliphatic heterocycles. The highest BCUT2D eigenvalue weighted by Gasteiger charge is 2.39. The molecule has 0 spiro atoms. The maximum Gasteiger partial charge on any atom is 0.435 e. The summed E-state index contributed by atoms with van der Waals surface area (Å²) in [6.45, 7) is 0. The van der Waals surface area contributed by atoms with E-state index in [9.17, 15) is 9.59 Å². The monoisotopic (exact) mass is 352 g/mol. The van der Waals surface area contributed by atoms with Crippen LogP contribution in [0.1, 0.15) is 11.1 Å². The zero-order valence-corrected chi connectivity index (χ0v) is 14.2. The molecule has 2 aromatic carbocycles. The van der Waals surface area contributed by atoms with E-state index in [2.05, 4.69) is 10.2 Å². The third-order valence-corrected chi connectivity index (χ3v) is 3.60. The number of carbonyl (C=O) groups excluding carboxylic acids is 2. The molecule has 1 aliphatic rings. The van der Waals surface area contributed by atoms with E-state index < -0.39 is 12.2 Å². The number of hydrogen-bond donors (Lipinski definition) is 0. The van der Waals surface area contributed by atoms with Gasteiger partial charge >= 0.3 is 12.2 Å². The van der Waals surface area contributed by atoms with Crippen LogP contribution in [0.3, 0.4) is 0 Å². The number of carbonyl (C=O) groups is 2. The summed E-state index contributed by atoms with van der Waals surface area (Å²) >= 11 is 0. The molecule has 132 valence electrons. The lowest BCUT2D eigenvalue weighted by Crippen LogP contribution is -2.57. The third kappa shape index (κ3) is 3.12. The van der Waals surface area contributed by atoms with Crippen LogP contribution in [0.25, 0.3) is 0 Å². The number of amides is 2. The highest BCUT2D eigenvalue weighted by atomic mass is 16.6. The van der Waals surface area contributed by atoms with Crippen LogP contribution >= 0.6 is 0 Å². The Morgan fingerprint density at radius 1 is 0.692 bits per heavy atom. The molecule has 0 fully saturated rings. The Labute approximate surface area is 149 Å². The molecule has 0 bridgehead atoms. The van der Waals surface area contributed by atoms with Crippen molar-refractivity contribution in [2.45, 2.75) is 0 Å². The standard InChI is InChI=1S/C18H16N4O4/c1-25-17(23)21-15(13-9-5-3-6-10-13)19-20-16(22(21)18(24)26-2)14-11-7-4-8-12-14/h3-12H,1-2H3. The summed E-state index contributed by atoms with van der Waals surface area (Å²) in [6.07, 6.45) is -1.61. The molecule has 26 heavy (non-hydrogen) atoms. The van der Waals surface area contributed by atoms with Crippen molar-refractivity contribution in [3.63, 3.8) is 0 Å². The van der Waals surface area contributed by atoms with Crippen LogP contribution in [0.4, 0.5) is 9.59 Å². The molecule has 3 rings (SSSR count). The first-order chi connectivity index (χ1) is 12.7. The van der Waals surface area contributed by atoms with Crippen LogP contribution in [-0.4, -0.2) is 48.1 Å². The van der Waals surface area contributed by atoms with Gasteiger partial charge in [0.1, 0.15) is 0 Å². The molecule has 0 radical (unpaired) electrons. The Bertz CT molecular complexity index is 792. The van der Waals surface area contributed by atoms with E-state index in [0.717, 1.165) is 10.0 Å². The van der Waals surface area contributed by atoms with E-state index in [1.54, 1.807) is 48.5 Å². The van der Waals surface area contributed by atoms with Gasteiger partial charge in [-0.15, -0.1) is 10.2 Å². The first kappa shape index (κ1) is 17.2. The van der Waals surface area contributed by atoms with Crippen LogP contribution in [0.15, 0.2) is 70.9 Å². The lowest BCUT2D eigenvalue weighted by molar-refractivity contribution is 0.0653. The number of amidine groups is 2. The van der Waals surface area contributed by atoms with Gasteiger partial charge in [0.15, 0.2) is 11.7 Å². The van der Waals surface area contributed by atoms with E-state index in [1.165, 1.54) is 14.2 Å². The Hall–Kier alpha value is -3.68. The second kappa shape index (κ2) is 7.47. The highest BCUT2D eigenvalue weighted by molar-refractivity contribution is 6.15. The average Bonchev–Trinajstić information content (AvgIpc) is 2.72. The SMILES string of the molecule is COC(=O)N1C(c2ccccc2)=NN=C(c2ccccc2)N1C(=O)OC. The van der Waals surface area contributed by atoms with Crippen molar-refractivity contribution in [3.8, 4) is 0 Å². The first-order valence-corrected chi connectivity index (χ1v) is 7.70. The minimum absolute atomic E-state index is 0.141. The van der Waals surface area contributed by atoms with Crippen LogP contribution < -0.4 is 0 Å². The molecule has 0 atom stereocenters. The van der Waals surface area contributed by atoms with Gasteiger partial charge in [0, 0.05) is 11.1 Å². The molecule has 8 nitrogen and oxygen atoms in total. The third-order valence-electron chi connectivity index (χ3n) is 3.60. The lowest BCUT2D eigenvalue weighted by atomic mass is 10.2. The summed E-state index contributed by atoms with van der Waals surface area (Å²) in [5, 5.41) is 10.3. The fourth-order valence-electron chi connectivity index (χ4n) is 2.41. The average molecular weight is 352 g/mol. The fraction of sp³-hybridized carbons (Fsp3) is 0.111. The Morgan fingerprint density at radius 2 is 1.04 bits per heavy atom. The fourth-order valence-corrected chi connectivity index (χ4v) is 2.41. The lowest BCUT2D eigenvalue weighted by Gasteiger charge is -2.34. The Balaban J connectivity index is 2.18. The molecule has 0 saturated heterocycles. The van der Waals surface area contributed by atoms with Crippen molar-refractivity contribution in [2.24, 2.45) is 10.2 Å². The van der Waals surface area contributed by atoms with Gasteiger partial charge < -0.3 is 9.47 Å². The van der Waals surface area contributed by atoms with E-state index in [4.69, 9.17) is 9.47 Å². The Morgan fingerprint density at radius 3 is 1.35 bits per heavy atom. The van der Waals surface area contributed by atoms with Crippen LogP contribution in [0.5, 0.6) is 0 Å². The molecule has 2 amide bonds. The van der Waals surface area contributed by atoms with Gasteiger partial charge in [-0.1, -0.05) is 60.7 Å². The van der Waals surface area contributed by atoms with Crippen molar-refractivity contribution in [1.82, 2.24) is 10.0 Å². The topological polar surface area (TPSA) is 83.8 Å². The zero-order valence-electron chi connectivity index (χ0n) is 14.2. The van der Waals surface area contributed by atoms with Crippen molar-refractivity contribution in [2.75, 3.05) is 14.2 Å². The van der Waals surface area contributed by atoms with Gasteiger partial charge in [-0.2, -0.15) is 10.0 Å².